The molecule has 0 radical (unpaired) electrons. The van der Waals surface area contributed by atoms with Gasteiger partial charge >= 0.3 is 18.3 Å². The Morgan fingerprint density at radius 2 is 1.72 bits per heavy atom. The van der Waals surface area contributed by atoms with Gasteiger partial charge in [0, 0.05) is 6.42 Å². The number of esters is 1. The van der Waals surface area contributed by atoms with Gasteiger partial charge in [0.15, 0.2) is 6.10 Å². The highest BCUT2D eigenvalue weighted by molar-refractivity contribution is 5.76. The third-order valence-corrected chi connectivity index (χ3v) is 7.04. The second kappa shape index (κ2) is 7.06. The molecule has 162 valence electrons. The number of hydrogen-bond acceptors (Lipinski definition) is 8. The van der Waals surface area contributed by atoms with E-state index in [1.54, 1.807) is 0 Å². The van der Waals surface area contributed by atoms with Crippen LogP contribution in [0.15, 0.2) is 0 Å². The molecular weight excluding hydrogens is 380 g/mol. The molecule has 8 heteroatoms. The van der Waals surface area contributed by atoms with Crippen LogP contribution in [0.3, 0.4) is 0 Å². The minimum Gasteiger partial charge on any atom is -0.458 e. The summed E-state index contributed by atoms with van der Waals surface area (Å²) in [5.74, 6) is 0.583. The van der Waals surface area contributed by atoms with E-state index < -0.39 is 35.0 Å². The van der Waals surface area contributed by atoms with Crippen LogP contribution in [0.25, 0.3) is 0 Å². The van der Waals surface area contributed by atoms with Gasteiger partial charge in [-0.2, -0.15) is 0 Å². The number of rotatable bonds is 6. The predicted molar refractivity (Wildman–Crippen MR) is 99.0 cm³/mol. The molecule has 4 bridgehead atoms. The molecule has 8 nitrogen and oxygen atoms in total. The topological polar surface area (TPSA) is 97.4 Å². The smallest absolute Gasteiger partial charge is 0.458 e. The van der Waals surface area contributed by atoms with Crippen LogP contribution in [0.5, 0.6) is 0 Å². The van der Waals surface area contributed by atoms with E-state index in [0.717, 1.165) is 32.1 Å². The van der Waals surface area contributed by atoms with Crippen LogP contribution in [0.4, 0.5) is 9.59 Å². The fraction of sp³-hybridized carbons (Fsp3) is 0.857. The Balaban J connectivity index is 1.40. The standard InChI is InChI=1S/C21H30O8/c1-4-19(2,3)16(22)28-20-6-13-5-14(7-20)9-21(8-13,12-20)29-18(24)26-11-15-10-25-17(23)27-15/h13-15H,4-12H2,1-3H3. The molecule has 1 aliphatic heterocycles. The Labute approximate surface area is 170 Å². The fourth-order valence-corrected chi connectivity index (χ4v) is 5.63. The summed E-state index contributed by atoms with van der Waals surface area (Å²) in [5, 5.41) is 0. The number of cyclic esters (lactones) is 2. The molecule has 5 rings (SSSR count). The minimum atomic E-state index is -0.773. The van der Waals surface area contributed by atoms with E-state index in [4.69, 9.17) is 18.9 Å². The molecule has 3 atom stereocenters. The first-order valence-electron chi connectivity index (χ1n) is 10.6. The van der Waals surface area contributed by atoms with E-state index in [-0.39, 0.29) is 19.2 Å². The summed E-state index contributed by atoms with van der Waals surface area (Å²) in [6, 6.07) is 0. The van der Waals surface area contributed by atoms with Crippen LogP contribution in [-0.4, -0.2) is 48.8 Å². The predicted octanol–water partition coefficient (Wildman–Crippen LogP) is 3.75. The Morgan fingerprint density at radius 1 is 1.10 bits per heavy atom. The molecule has 0 N–H and O–H groups in total. The first-order chi connectivity index (χ1) is 13.6. The van der Waals surface area contributed by atoms with Crippen LogP contribution in [0, 0.1) is 17.3 Å². The molecule has 5 fully saturated rings. The Bertz CT molecular complexity index is 685. The van der Waals surface area contributed by atoms with Crippen molar-refractivity contribution in [3.63, 3.8) is 0 Å². The van der Waals surface area contributed by atoms with Crippen molar-refractivity contribution in [2.45, 2.75) is 83.0 Å². The molecule has 0 spiro atoms. The van der Waals surface area contributed by atoms with Gasteiger partial charge in [-0.25, -0.2) is 9.59 Å². The second-order valence-electron chi connectivity index (χ2n) is 9.92. The van der Waals surface area contributed by atoms with E-state index in [1.807, 2.05) is 20.8 Å². The van der Waals surface area contributed by atoms with Crippen molar-refractivity contribution in [1.29, 1.82) is 0 Å². The zero-order valence-electron chi connectivity index (χ0n) is 17.4. The van der Waals surface area contributed by atoms with Gasteiger partial charge < -0.3 is 23.7 Å². The van der Waals surface area contributed by atoms with E-state index >= 15 is 0 Å². The van der Waals surface area contributed by atoms with Gasteiger partial charge in [0.2, 0.25) is 0 Å². The van der Waals surface area contributed by atoms with E-state index in [1.165, 1.54) is 0 Å². The zero-order chi connectivity index (χ0) is 20.9. The van der Waals surface area contributed by atoms with E-state index in [0.29, 0.717) is 24.7 Å². The van der Waals surface area contributed by atoms with Crippen molar-refractivity contribution in [3.8, 4) is 0 Å². The van der Waals surface area contributed by atoms with Gasteiger partial charge in [-0.1, -0.05) is 6.92 Å². The summed E-state index contributed by atoms with van der Waals surface area (Å²) in [4.78, 5) is 36.1. The highest BCUT2D eigenvalue weighted by Gasteiger charge is 2.62. The maximum atomic E-state index is 12.8. The Morgan fingerprint density at radius 3 is 2.28 bits per heavy atom. The summed E-state index contributed by atoms with van der Waals surface area (Å²) >= 11 is 0. The monoisotopic (exact) mass is 410 g/mol. The van der Waals surface area contributed by atoms with Crippen LogP contribution < -0.4 is 0 Å². The third kappa shape index (κ3) is 4.03. The summed E-state index contributed by atoms with van der Waals surface area (Å²) in [7, 11) is 0. The van der Waals surface area contributed by atoms with Crippen molar-refractivity contribution >= 4 is 18.3 Å². The molecule has 4 aliphatic carbocycles. The van der Waals surface area contributed by atoms with Crippen LogP contribution >= 0.6 is 0 Å². The molecule has 1 saturated heterocycles. The minimum absolute atomic E-state index is 0.0632. The number of carbonyl (C=O) groups excluding carboxylic acids is 3. The maximum Gasteiger partial charge on any atom is 0.508 e. The molecule has 0 aromatic carbocycles. The second-order valence-corrected chi connectivity index (χ2v) is 9.92. The fourth-order valence-electron chi connectivity index (χ4n) is 5.63. The lowest BCUT2D eigenvalue weighted by Gasteiger charge is -2.60. The van der Waals surface area contributed by atoms with Crippen LogP contribution in [0.1, 0.15) is 65.7 Å². The average Bonchev–Trinajstić information content (AvgIpc) is 3.03. The first kappa shape index (κ1) is 20.3. The van der Waals surface area contributed by atoms with E-state index in [9.17, 15) is 14.4 Å². The summed E-state index contributed by atoms with van der Waals surface area (Å²) < 4.78 is 26.6. The number of hydrogen-bond donors (Lipinski definition) is 0. The lowest BCUT2D eigenvalue weighted by atomic mass is 9.52. The molecule has 1 heterocycles. The molecule has 0 aromatic rings. The third-order valence-electron chi connectivity index (χ3n) is 7.04. The molecule has 3 unspecified atom stereocenters. The van der Waals surface area contributed by atoms with Gasteiger partial charge in [0.05, 0.1) is 5.41 Å². The number of carbonyl (C=O) groups is 3. The van der Waals surface area contributed by atoms with Crippen molar-refractivity contribution in [3.05, 3.63) is 0 Å². The molecular formula is C21H30O8. The zero-order valence-corrected chi connectivity index (χ0v) is 17.4. The summed E-state index contributed by atoms with van der Waals surface area (Å²) in [6.45, 7) is 5.75. The quantitative estimate of drug-likeness (QED) is 0.482. The van der Waals surface area contributed by atoms with Crippen molar-refractivity contribution in [2.75, 3.05) is 13.2 Å². The molecule has 29 heavy (non-hydrogen) atoms. The molecule has 4 saturated carbocycles. The normalized spacial score (nSPS) is 37.6. The highest BCUT2D eigenvalue weighted by atomic mass is 16.8. The summed E-state index contributed by atoms with van der Waals surface area (Å²) in [5.41, 5.74) is -1.74. The van der Waals surface area contributed by atoms with Gasteiger partial charge in [0.25, 0.3) is 0 Å². The van der Waals surface area contributed by atoms with Crippen LogP contribution in [0.2, 0.25) is 0 Å². The number of ether oxygens (including phenoxy) is 5. The highest BCUT2D eigenvalue weighted by Crippen LogP contribution is 2.60. The van der Waals surface area contributed by atoms with Crippen molar-refractivity contribution in [2.24, 2.45) is 17.3 Å². The lowest BCUT2D eigenvalue weighted by Crippen LogP contribution is -2.62. The molecule has 0 aromatic heterocycles. The maximum absolute atomic E-state index is 12.8. The van der Waals surface area contributed by atoms with Crippen molar-refractivity contribution in [1.82, 2.24) is 0 Å². The van der Waals surface area contributed by atoms with Gasteiger partial charge in [-0.15, -0.1) is 0 Å². The molecule has 0 amide bonds. The Hall–Kier alpha value is -1.99. The van der Waals surface area contributed by atoms with Crippen LogP contribution in [-0.2, 0) is 28.5 Å². The lowest BCUT2D eigenvalue weighted by molar-refractivity contribution is -0.228. The van der Waals surface area contributed by atoms with E-state index in [2.05, 4.69) is 4.74 Å². The summed E-state index contributed by atoms with van der Waals surface area (Å²) in [6.07, 6.45) is 3.41. The average molecular weight is 410 g/mol. The van der Waals surface area contributed by atoms with Gasteiger partial charge in [0.1, 0.15) is 24.4 Å². The first-order valence-corrected chi connectivity index (χ1v) is 10.6. The largest absolute Gasteiger partial charge is 0.508 e. The Kier molecular flexibility index (Phi) is 4.94. The molecule has 5 aliphatic rings. The van der Waals surface area contributed by atoms with Crippen molar-refractivity contribution < 1.29 is 38.1 Å². The SMILES string of the molecule is CCC(C)(C)C(=O)OC12CC3CC(CC(OC(=O)OCC4COC(=O)O4)(C3)C1)C2. The van der Waals surface area contributed by atoms with Gasteiger partial charge in [-0.3, -0.25) is 4.79 Å². The van der Waals surface area contributed by atoms with Gasteiger partial charge in [-0.05, 0) is 64.2 Å².